The Hall–Kier alpha value is -2.87. The molecule has 0 saturated carbocycles. The van der Waals surface area contributed by atoms with Gasteiger partial charge in [0.2, 0.25) is 0 Å². The van der Waals surface area contributed by atoms with Crippen molar-refractivity contribution in [3.8, 4) is 0 Å². The second-order valence-corrected chi connectivity index (χ2v) is 6.13. The van der Waals surface area contributed by atoms with E-state index in [4.69, 9.17) is 4.42 Å². The fourth-order valence-corrected chi connectivity index (χ4v) is 3.16. The summed E-state index contributed by atoms with van der Waals surface area (Å²) in [7, 11) is 0. The lowest BCUT2D eigenvalue weighted by Crippen LogP contribution is -2.14. The maximum absolute atomic E-state index is 12.4. The summed E-state index contributed by atoms with van der Waals surface area (Å²) in [5.74, 6) is -0.122. The first-order chi connectivity index (χ1) is 11.5. The molecule has 0 bridgehead atoms. The van der Waals surface area contributed by atoms with E-state index in [-0.39, 0.29) is 17.4 Å². The quantitative estimate of drug-likeness (QED) is 0.528. The number of non-ortho nitro benzene ring substituents is 1. The van der Waals surface area contributed by atoms with Gasteiger partial charge in [-0.2, -0.15) is 9.78 Å². The molecule has 0 atom stereocenters. The molecule has 0 aliphatic carbocycles. The molecule has 3 rings (SSSR count). The first-order valence-electron chi connectivity index (χ1n) is 7.04. The van der Waals surface area contributed by atoms with Crippen LogP contribution in [0.4, 0.5) is 5.69 Å². The third-order valence-corrected chi connectivity index (χ3v) is 4.72. The van der Waals surface area contributed by atoms with Gasteiger partial charge in [-0.3, -0.25) is 14.9 Å². The van der Waals surface area contributed by atoms with Crippen LogP contribution in [0.3, 0.4) is 0 Å². The van der Waals surface area contributed by atoms with Gasteiger partial charge < -0.3 is 4.42 Å². The molecule has 2 heterocycles. The minimum atomic E-state index is -0.439. The molecule has 0 fully saturated rings. The van der Waals surface area contributed by atoms with Crippen LogP contribution in [-0.2, 0) is 0 Å². The smallest absolute Gasteiger partial charge is 0.314 e. The monoisotopic (exact) mass is 343 g/mol. The Morgan fingerprint density at radius 2 is 1.96 bits per heavy atom. The van der Waals surface area contributed by atoms with Crippen LogP contribution < -0.4 is 0 Å². The normalized spacial score (nSPS) is 10.8. The van der Waals surface area contributed by atoms with Gasteiger partial charge in [-0.15, -0.1) is 0 Å². The molecule has 0 radical (unpaired) electrons. The van der Waals surface area contributed by atoms with Crippen LogP contribution >= 0.6 is 11.8 Å². The third-order valence-electron chi connectivity index (χ3n) is 3.42. The zero-order valence-electron chi connectivity index (χ0n) is 12.9. The lowest BCUT2D eigenvalue weighted by Gasteiger charge is -2.03. The van der Waals surface area contributed by atoms with Crippen molar-refractivity contribution in [1.82, 2.24) is 9.78 Å². The average molecular weight is 343 g/mol. The van der Waals surface area contributed by atoms with Crippen molar-refractivity contribution in [3.63, 3.8) is 0 Å². The minimum Gasteiger partial charge on any atom is -0.459 e. The van der Waals surface area contributed by atoms with E-state index in [0.29, 0.717) is 11.4 Å². The Morgan fingerprint density at radius 3 is 2.54 bits per heavy atom. The van der Waals surface area contributed by atoms with E-state index in [1.54, 1.807) is 31.2 Å². The zero-order valence-corrected chi connectivity index (χ0v) is 13.7. The largest absolute Gasteiger partial charge is 0.459 e. The van der Waals surface area contributed by atoms with E-state index in [2.05, 4.69) is 5.10 Å². The summed E-state index contributed by atoms with van der Waals surface area (Å²) in [5, 5.41) is 15.0. The number of carbonyl (C=O) groups excluding carboxylic acids is 1. The molecule has 3 aromatic rings. The van der Waals surface area contributed by atoms with Crippen molar-refractivity contribution in [3.05, 3.63) is 69.9 Å². The molecule has 0 saturated heterocycles. The molecule has 122 valence electrons. The van der Waals surface area contributed by atoms with Crippen molar-refractivity contribution in [2.45, 2.75) is 23.6 Å². The number of rotatable bonds is 4. The van der Waals surface area contributed by atoms with E-state index >= 15 is 0 Å². The zero-order chi connectivity index (χ0) is 17.3. The third kappa shape index (κ3) is 2.95. The number of benzene rings is 1. The first-order valence-corrected chi connectivity index (χ1v) is 7.85. The van der Waals surface area contributed by atoms with Crippen LogP contribution in [0.1, 0.15) is 21.9 Å². The molecule has 0 aliphatic rings. The number of nitro benzene ring substituents is 1. The summed E-state index contributed by atoms with van der Waals surface area (Å²) in [6.07, 6.45) is 1.44. The van der Waals surface area contributed by atoms with Crippen molar-refractivity contribution in [1.29, 1.82) is 0 Å². The second-order valence-electron chi connectivity index (χ2n) is 5.05. The maximum Gasteiger partial charge on any atom is 0.314 e. The van der Waals surface area contributed by atoms with Crippen LogP contribution in [0.25, 0.3) is 0 Å². The molecule has 24 heavy (non-hydrogen) atoms. The molecule has 7 nitrogen and oxygen atoms in total. The fourth-order valence-electron chi connectivity index (χ4n) is 2.23. The Kier molecular flexibility index (Phi) is 4.22. The number of nitrogens with zero attached hydrogens (tertiary/aromatic N) is 3. The molecule has 0 aliphatic heterocycles. The Labute approximate surface area is 141 Å². The number of aromatic nitrogens is 2. The lowest BCUT2D eigenvalue weighted by atomic mass is 10.3. The van der Waals surface area contributed by atoms with Gasteiger partial charge in [0, 0.05) is 17.0 Å². The minimum absolute atomic E-state index is 0.0384. The Morgan fingerprint density at radius 1 is 1.25 bits per heavy atom. The van der Waals surface area contributed by atoms with Gasteiger partial charge in [0.05, 0.1) is 27.5 Å². The Bertz CT molecular complexity index is 898. The van der Waals surface area contributed by atoms with Gasteiger partial charge >= 0.3 is 5.91 Å². The number of aryl methyl sites for hydroxylation is 1. The number of carbonyl (C=O) groups is 1. The lowest BCUT2D eigenvalue weighted by molar-refractivity contribution is -0.384. The predicted octanol–water partition coefficient (Wildman–Crippen LogP) is 3.84. The highest BCUT2D eigenvalue weighted by atomic mass is 32.2. The average Bonchev–Trinajstić information content (AvgIpc) is 3.19. The molecule has 0 spiro atoms. The first kappa shape index (κ1) is 16.0. The standard InChI is InChI=1S/C16H13N3O4S/c1-10-15(24-13-7-5-12(6-8-13)19(21)22)11(2)18(17-10)16(20)14-4-3-9-23-14/h3-9H,1-2H3. The highest BCUT2D eigenvalue weighted by Gasteiger charge is 2.20. The summed E-state index contributed by atoms with van der Waals surface area (Å²) in [6, 6.07) is 9.48. The predicted molar refractivity (Wildman–Crippen MR) is 87.4 cm³/mol. The summed E-state index contributed by atoms with van der Waals surface area (Å²) in [6.45, 7) is 3.61. The van der Waals surface area contributed by atoms with Gasteiger partial charge in [0.15, 0.2) is 5.76 Å². The van der Waals surface area contributed by atoms with Crippen molar-refractivity contribution in [2.24, 2.45) is 0 Å². The second kappa shape index (κ2) is 6.32. The number of hydrogen-bond donors (Lipinski definition) is 0. The molecule has 0 amide bonds. The Balaban J connectivity index is 1.89. The molecular weight excluding hydrogens is 330 g/mol. The van der Waals surface area contributed by atoms with Crippen LogP contribution in [0, 0.1) is 24.0 Å². The van der Waals surface area contributed by atoms with E-state index in [9.17, 15) is 14.9 Å². The summed E-state index contributed by atoms with van der Waals surface area (Å²) in [4.78, 5) is 24.3. The van der Waals surface area contributed by atoms with Gasteiger partial charge in [-0.25, -0.2) is 0 Å². The van der Waals surface area contributed by atoms with Crippen molar-refractivity contribution >= 4 is 23.4 Å². The van der Waals surface area contributed by atoms with Crippen LogP contribution in [-0.4, -0.2) is 20.6 Å². The number of hydrogen-bond acceptors (Lipinski definition) is 6. The number of furan rings is 1. The van der Waals surface area contributed by atoms with Crippen LogP contribution in [0.2, 0.25) is 0 Å². The van der Waals surface area contributed by atoms with E-state index in [1.807, 2.05) is 6.92 Å². The van der Waals surface area contributed by atoms with Crippen molar-refractivity contribution in [2.75, 3.05) is 0 Å². The molecule has 0 unspecified atom stereocenters. The van der Waals surface area contributed by atoms with E-state index in [0.717, 1.165) is 9.79 Å². The maximum atomic E-state index is 12.4. The van der Waals surface area contributed by atoms with Crippen LogP contribution in [0.5, 0.6) is 0 Å². The molecule has 1 aromatic carbocycles. The topological polar surface area (TPSA) is 91.2 Å². The van der Waals surface area contributed by atoms with E-state index in [1.165, 1.54) is 34.8 Å². The summed E-state index contributed by atoms with van der Waals surface area (Å²) >= 11 is 1.41. The highest BCUT2D eigenvalue weighted by Crippen LogP contribution is 2.33. The molecule has 2 aromatic heterocycles. The number of nitro groups is 1. The highest BCUT2D eigenvalue weighted by molar-refractivity contribution is 7.99. The summed E-state index contributed by atoms with van der Waals surface area (Å²) < 4.78 is 6.43. The SMILES string of the molecule is Cc1nn(C(=O)c2ccco2)c(C)c1Sc1ccc([N+](=O)[O-])cc1. The van der Waals surface area contributed by atoms with Gasteiger partial charge in [0.1, 0.15) is 0 Å². The van der Waals surface area contributed by atoms with Gasteiger partial charge in [-0.1, -0.05) is 11.8 Å². The van der Waals surface area contributed by atoms with Crippen LogP contribution in [0.15, 0.2) is 56.9 Å². The van der Waals surface area contributed by atoms with Crippen molar-refractivity contribution < 1.29 is 14.1 Å². The van der Waals surface area contributed by atoms with Gasteiger partial charge in [-0.05, 0) is 38.1 Å². The molecule has 8 heteroatoms. The van der Waals surface area contributed by atoms with E-state index < -0.39 is 4.92 Å². The molecule has 0 N–H and O–H groups in total. The fraction of sp³-hybridized carbons (Fsp3) is 0.125. The molecular formula is C16H13N3O4S. The van der Waals surface area contributed by atoms with Gasteiger partial charge in [0.25, 0.3) is 5.69 Å². The summed E-state index contributed by atoms with van der Waals surface area (Å²) in [5.41, 5.74) is 1.43.